The van der Waals surface area contributed by atoms with Gasteiger partial charge in [-0.05, 0) is 31.6 Å². The number of nitrogens with zero attached hydrogens (tertiary/aromatic N) is 2. The van der Waals surface area contributed by atoms with E-state index in [0.717, 1.165) is 22.5 Å². The van der Waals surface area contributed by atoms with E-state index in [1.807, 2.05) is 36.7 Å². The number of carbonyl (C=O) groups excluding carboxylic acids is 1. The molecule has 1 amide bonds. The van der Waals surface area contributed by atoms with Gasteiger partial charge >= 0.3 is 0 Å². The second-order valence-electron chi connectivity index (χ2n) is 6.28. The maximum atomic E-state index is 13.5. The van der Waals surface area contributed by atoms with Gasteiger partial charge in [-0.3, -0.25) is 9.48 Å². The summed E-state index contributed by atoms with van der Waals surface area (Å²) in [6.07, 6.45) is 2.82. The Balaban J connectivity index is 1.60. The summed E-state index contributed by atoms with van der Waals surface area (Å²) in [6, 6.07) is 16.5. The summed E-state index contributed by atoms with van der Waals surface area (Å²) in [7, 11) is 0. The maximum Gasteiger partial charge on any atom is 0.244 e. The predicted octanol–water partition coefficient (Wildman–Crippen LogP) is 4.14. The molecule has 27 heavy (non-hydrogen) atoms. The lowest BCUT2D eigenvalue weighted by Crippen LogP contribution is -2.26. The van der Waals surface area contributed by atoms with E-state index in [2.05, 4.69) is 22.5 Å². The average molecular weight is 363 g/mol. The Morgan fingerprint density at radius 2 is 1.81 bits per heavy atom. The minimum Gasteiger partial charge on any atom is -0.351 e. The molecular formula is C22H22FN3O. The average Bonchev–Trinajstić information content (AvgIpc) is 2.95. The summed E-state index contributed by atoms with van der Waals surface area (Å²) in [4.78, 5) is 11.9. The van der Waals surface area contributed by atoms with Crippen molar-refractivity contribution in [3.05, 3.63) is 83.4 Å². The normalized spacial score (nSPS) is 11.1. The van der Waals surface area contributed by atoms with Gasteiger partial charge in [0.2, 0.25) is 5.91 Å². The molecular weight excluding hydrogens is 341 g/mol. The van der Waals surface area contributed by atoms with Gasteiger partial charge < -0.3 is 5.32 Å². The van der Waals surface area contributed by atoms with E-state index >= 15 is 0 Å². The molecule has 4 nitrogen and oxygen atoms in total. The third kappa shape index (κ3) is 4.50. The quantitative estimate of drug-likeness (QED) is 0.669. The molecule has 1 aromatic heterocycles. The Bertz CT molecular complexity index is 961. The van der Waals surface area contributed by atoms with Gasteiger partial charge in [0.1, 0.15) is 5.82 Å². The van der Waals surface area contributed by atoms with Crippen LogP contribution in [0.5, 0.6) is 0 Å². The molecule has 1 N–H and O–H groups in total. The number of hydrogen-bond acceptors (Lipinski definition) is 2. The lowest BCUT2D eigenvalue weighted by Gasteiger charge is -2.06. The molecule has 1 heterocycles. The van der Waals surface area contributed by atoms with Crippen molar-refractivity contribution in [2.45, 2.75) is 20.4 Å². The Hall–Kier alpha value is -3.21. The number of nitrogens with one attached hydrogen (secondary N) is 1. The van der Waals surface area contributed by atoms with Crippen LogP contribution in [0.2, 0.25) is 0 Å². The summed E-state index contributed by atoms with van der Waals surface area (Å²) in [5, 5.41) is 7.39. The van der Waals surface area contributed by atoms with Gasteiger partial charge in [-0.1, -0.05) is 48.5 Å². The van der Waals surface area contributed by atoms with Gasteiger partial charge in [0, 0.05) is 29.4 Å². The zero-order valence-corrected chi connectivity index (χ0v) is 15.4. The highest BCUT2D eigenvalue weighted by Gasteiger charge is 2.12. The second-order valence-corrected chi connectivity index (χ2v) is 6.28. The largest absolute Gasteiger partial charge is 0.351 e. The van der Waals surface area contributed by atoms with E-state index in [9.17, 15) is 9.18 Å². The maximum absolute atomic E-state index is 13.5. The molecule has 0 radical (unpaired) electrons. The van der Waals surface area contributed by atoms with Crippen molar-refractivity contribution < 1.29 is 9.18 Å². The SMILES string of the molecule is Cc1nn(CCNC(=O)/C=C/c2ccccc2F)c(C)c1-c1ccccc1. The number of aryl methyl sites for hydroxylation is 1. The van der Waals surface area contributed by atoms with E-state index in [-0.39, 0.29) is 11.7 Å². The number of amides is 1. The van der Waals surface area contributed by atoms with Crippen LogP contribution in [0.25, 0.3) is 17.2 Å². The first kappa shape index (κ1) is 18.6. The molecule has 0 atom stereocenters. The molecule has 3 aromatic rings. The van der Waals surface area contributed by atoms with Gasteiger partial charge in [0.15, 0.2) is 0 Å². The minimum absolute atomic E-state index is 0.261. The summed E-state index contributed by atoms with van der Waals surface area (Å²) in [6.45, 7) is 5.03. The van der Waals surface area contributed by atoms with Crippen molar-refractivity contribution in [2.24, 2.45) is 0 Å². The van der Waals surface area contributed by atoms with Crippen molar-refractivity contribution in [2.75, 3.05) is 6.54 Å². The van der Waals surface area contributed by atoms with Gasteiger partial charge in [0.25, 0.3) is 0 Å². The lowest BCUT2D eigenvalue weighted by atomic mass is 10.0. The summed E-state index contributed by atoms with van der Waals surface area (Å²) in [5.74, 6) is -0.610. The van der Waals surface area contributed by atoms with Crippen LogP contribution in [-0.4, -0.2) is 22.2 Å². The molecule has 3 rings (SSSR count). The van der Waals surface area contributed by atoms with Crippen LogP contribution in [0, 0.1) is 19.7 Å². The molecule has 0 aliphatic carbocycles. The van der Waals surface area contributed by atoms with Crippen LogP contribution in [0.3, 0.4) is 0 Å². The summed E-state index contributed by atoms with van der Waals surface area (Å²) < 4.78 is 15.4. The Morgan fingerprint density at radius 1 is 1.11 bits per heavy atom. The third-order valence-corrected chi connectivity index (χ3v) is 4.39. The van der Waals surface area contributed by atoms with E-state index in [0.29, 0.717) is 18.7 Å². The molecule has 0 fully saturated rings. The topological polar surface area (TPSA) is 46.9 Å². The Labute approximate surface area is 158 Å². The van der Waals surface area contributed by atoms with Crippen molar-refractivity contribution in [1.29, 1.82) is 0 Å². The van der Waals surface area contributed by atoms with Crippen molar-refractivity contribution >= 4 is 12.0 Å². The summed E-state index contributed by atoms with van der Waals surface area (Å²) in [5.41, 5.74) is 4.68. The molecule has 0 spiro atoms. The van der Waals surface area contributed by atoms with Gasteiger partial charge in [-0.25, -0.2) is 4.39 Å². The Morgan fingerprint density at radius 3 is 2.56 bits per heavy atom. The van der Waals surface area contributed by atoms with Crippen LogP contribution >= 0.6 is 0 Å². The van der Waals surface area contributed by atoms with E-state index < -0.39 is 0 Å². The van der Waals surface area contributed by atoms with Gasteiger partial charge in [-0.2, -0.15) is 5.10 Å². The van der Waals surface area contributed by atoms with Crippen molar-refractivity contribution in [1.82, 2.24) is 15.1 Å². The first-order valence-corrected chi connectivity index (χ1v) is 8.86. The van der Waals surface area contributed by atoms with Crippen LogP contribution < -0.4 is 5.32 Å². The summed E-state index contributed by atoms with van der Waals surface area (Å²) >= 11 is 0. The van der Waals surface area contributed by atoms with E-state index in [1.165, 1.54) is 18.2 Å². The molecule has 0 saturated heterocycles. The number of aromatic nitrogens is 2. The predicted molar refractivity (Wildman–Crippen MR) is 106 cm³/mol. The standard InChI is InChI=1S/C22H22FN3O/c1-16-22(19-9-4-3-5-10-19)17(2)26(25-16)15-14-24-21(27)13-12-18-8-6-7-11-20(18)23/h3-13H,14-15H2,1-2H3,(H,24,27)/b13-12+. The monoisotopic (exact) mass is 363 g/mol. The first-order chi connectivity index (χ1) is 13.1. The Kier molecular flexibility index (Phi) is 5.81. The number of carbonyl (C=O) groups is 1. The zero-order valence-electron chi connectivity index (χ0n) is 15.4. The molecule has 0 saturated carbocycles. The van der Waals surface area contributed by atoms with Gasteiger partial charge in [-0.15, -0.1) is 0 Å². The number of benzene rings is 2. The van der Waals surface area contributed by atoms with Crippen molar-refractivity contribution in [3.8, 4) is 11.1 Å². The highest BCUT2D eigenvalue weighted by Crippen LogP contribution is 2.26. The van der Waals surface area contributed by atoms with E-state index in [4.69, 9.17) is 0 Å². The zero-order chi connectivity index (χ0) is 19.2. The van der Waals surface area contributed by atoms with Crippen LogP contribution in [0.4, 0.5) is 4.39 Å². The lowest BCUT2D eigenvalue weighted by molar-refractivity contribution is -0.116. The number of rotatable bonds is 6. The fourth-order valence-corrected chi connectivity index (χ4v) is 3.06. The number of hydrogen-bond donors (Lipinski definition) is 1. The third-order valence-electron chi connectivity index (χ3n) is 4.39. The highest BCUT2D eigenvalue weighted by molar-refractivity contribution is 5.91. The smallest absolute Gasteiger partial charge is 0.244 e. The van der Waals surface area contributed by atoms with Crippen LogP contribution in [-0.2, 0) is 11.3 Å². The molecule has 0 unspecified atom stereocenters. The van der Waals surface area contributed by atoms with Crippen molar-refractivity contribution in [3.63, 3.8) is 0 Å². The molecule has 2 aromatic carbocycles. The van der Waals surface area contributed by atoms with Crippen LogP contribution in [0.15, 0.2) is 60.7 Å². The molecule has 138 valence electrons. The molecule has 0 bridgehead atoms. The molecule has 0 aliphatic heterocycles. The fraction of sp³-hybridized carbons (Fsp3) is 0.182. The van der Waals surface area contributed by atoms with Gasteiger partial charge in [0.05, 0.1) is 12.2 Å². The molecule has 0 aliphatic rings. The van der Waals surface area contributed by atoms with E-state index in [1.54, 1.807) is 18.2 Å². The fourth-order valence-electron chi connectivity index (χ4n) is 3.06. The number of halogens is 1. The highest BCUT2D eigenvalue weighted by atomic mass is 19.1. The molecule has 5 heteroatoms. The second kappa shape index (κ2) is 8.45. The van der Waals surface area contributed by atoms with Crippen LogP contribution in [0.1, 0.15) is 17.0 Å². The first-order valence-electron chi connectivity index (χ1n) is 8.86. The minimum atomic E-state index is -0.349.